The number of H-pyrrole nitrogens is 1. The Hall–Kier alpha value is -4.77. The fraction of sp³-hybridized carbons (Fsp3) is 0.605. The van der Waals surface area contributed by atoms with Crippen LogP contribution < -0.4 is 21.5 Å². The fourth-order valence-electron chi connectivity index (χ4n) is 3.97. The van der Waals surface area contributed by atoms with E-state index in [0.29, 0.717) is 35.1 Å². The molecule has 0 aliphatic carbocycles. The second-order valence-electron chi connectivity index (χ2n) is 15.7. The van der Waals surface area contributed by atoms with Gasteiger partial charge in [-0.15, -0.1) is 0 Å². The third-order valence-electron chi connectivity index (χ3n) is 7.72. The SMILES string of the molecule is C=C1N=C(C(C)C)NO1.CC(C)c1ncn[nH]1.CNC(=O)C(C)C.CNC(=O)C(C)C.Cc1cc(C(C)C)sn1.Cc1cocc(C(C)C)c1=O.Cc1nsnc1C(C)C. The molecule has 15 nitrogen and oxygen atoms in total. The molecule has 5 rings (SSSR count). The molecule has 2 amide bonds. The fourth-order valence-corrected chi connectivity index (χ4v) is 5.39. The smallest absolute Gasteiger partial charge is 0.240 e. The van der Waals surface area contributed by atoms with Crippen molar-refractivity contribution < 1.29 is 18.8 Å². The van der Waals surface area contributed by atoms with E-state index in [2.05, 4.69) is 104 Å². The predicted octanol–water partition coefficient (Wildman–Crippen LogP) is 9.37. The van der Waals surface area contributed by atoms with Crippen molar-refractivity contribution in [1.82, 2.24) is 44.4 Å². The van der Waals surface area contributed by atoms with Crippen LogP contribution in [-0.2, 0) is 14.4 Å². The van der Waals surface area contributed by atoms with Gasteiger partial charge in [-0.05, 0) is 62.7 Å². The summed E-state index contributed by atoms with van der Waals surface area (Å²) in [7, 11) is 3.28. The van der Waals surface area contributed by atoms with E-state index in [4.69, 9.17) is 9.25 Å². The molecule has 0 radical (unpaired) electrons. The van der Waals surface area contributed by atoms with Gasteiger partial charge in [-0.3, -0.25) is 19.5 Å². The van der Waals surface area contributed by atoms with E-state index in [-0.39, 0.29) is 35.0 Å². The van der Waals surface area contributed by atoms with Crippen LogP contribution in [0.2, 0.25) is 0 Å². The van der Waals surface area contributed by atoms with E-state index < -0.39 is 0 Å². The number of rotatable bonds is 7. The van der Waals surface area contributed by atoms with Gasteiger partial charge in [-0.25, -0.2) is 10.5 Å². The minimum absolute atomic E-state index is 0.0972. The number of hydrogen-bond acceptors (Lipinski definition) is 14. The van der Waals surface area contributed by atoms with Crippen molar-refractivity contribution in [3.05, 3.63) is 86.5 Å². The van der Waals surface area contributed by atoms with Crippen LogP contribution in [0.5, 0.6) is 0 Å². The molecule has 1 aliphatic rings. The summed E-state index contributed by atoms with van der Waals surface area (Å²) in [5.41, 5.74) is 7.55. The van der Waals surface area contributed by atoms with Crippen LogP contribution >= 0.6 is 23.3 Å². The molecule has 0 spiro atoms. The van der Waals surface area contributed by atoms with E-state index in [0.717, 1.165) is 34.3 Å². The number of hydroxylamine groups is 1. The number of aromatic nitrogens is 6. The molecule has 0 bridgehead atoms. The number of nitrogens with zero attached hydrogens (tertiary/aromatic N) is 6. The van der Waals surface area contributed by atoms with E-state index in [1.165, 1.54) is 35.5 Å². The summed E-state index contributed by atoms with van der Waals surface area (Å²) in [6.07, 6.45) is 4.53. The van der Waals surface area contributed by atoms with Crippen LogP contribution in [-0.4, -0.2) is 60.0 Å². The highest BCUT2D eigenvalue weighted by Crippen LogP contribution is 2.19. The van der Waals surface area contributed by atoms with Crippen molar-refractivity contribution in [2.24, 2.45) is 22.7 Å². The minimum atomic E-state index is 0.0972. The zero-order chi connectivity index (χ0) is 46.7. The first-order valence-corrected chi connectivity index (χ1v) is 21.7. The van der Waals surface area contributed by atoms with Gasteiger partial charge in [-0.2, -0.15) is 23.2 Å². The van der Waals surface area contributed by atoms with Gasteiger partial charge in [0.15, 0.2) is 5.43 Å². The van der Waals surface area contributed by atoms with Crippen molar-refractivity contribution in [2.45, 2.75) is 141 Å². The molecular formula is C43H74N10O5S2. The number of carbonyl (C=O) groups is 2. The quantitative estimate of drug-likeness (QED) is 0.138. The Kier molecular flexibility index (Phi) is 29.8. The van der Waals surface area contributed by atoms with Crippen molar-refractivity contribution in [1.29, 1.82) is 0 Å². The summed E-state index contributed by atoms with van der Waals surface area (Å²) >= 11 is 2.90. The van der Waals surface area contributed by atoms with E-state index in [1.807, 2.05) is 69.2 Å². The Labute approximate surface area is 367 Å². The number of amides is 2. The lowest BCUT2D eigenvalue weighted by molar-refractivity contribution is -0.124. The third kappa shape index (κ3) is 25.0. The summed E-state index contributed by atoms with van der Waals surface area (Å²) in [4.78, 5) is 46.2. The molecule has 4 N–H and O–H groups in total. The molecule has 17 heteroatoms. The van der Waals surface area contributed by atoms with Gasteiger partial charge in [-0.1, -0.05) is 96.9 Å². The molecule has 0 aromatic carbocycles. The Morgan fingerprint density at radius 3 is 1.53 bits per heavy atom. The van der Waals surface area contributed by atoms with Crippen molar-refractivity contribution in [2.75, 3.05) is 14.1 Å². The Balaban J connectivity index is 0. The lowest BCUT2D eigenvalue weighted by atomic mass is 10.0. The number of nitrogens with one attached hydrogen (secondary N) is 4. The van der Waals surface area contributed by atoms with Crippen LogP contribution in [0.25, 0.3) is 0 Å². The van der Waals surface area contributed by atoms with Gasteiger partial charge in [0, 0.05) is 53.8 Å². The van der Waals surface area contributed by atoms with E-state index >= 15 is 0 Å². The van der Waals surface area contributed by atoms with Crippen molar-refractivity contribution in [3.63, 3.8) is 0 Å². The van der Waals surface area contributed by atoms with Gasteiger partial charge in [0.05, 0.1) is 41.3 Å². The largest absolute Gasteiger partial charge is 0.472 e. The molecule has 338 valence electrons. The van der Waals surface area contributed by atoms with Crippen LogP contribution in [0, 0.1) is 38.5 Å². The highest BCUT2D eigenvalue weighted by molar-refractivity contribution is 7.05. The summed E-state index contributed by atoms with van der Waals surface area (Å²) in [5, 5.41) is 11.5. The second kappa shape index (κ2) is 31.2. The third-order valence-corrected chi connectivity index (χ3v) is 9.53. The van der Waals surface area contributed by atoms with Gasteiger partial charge in [0.25, 0.3) is 0 Å². The minimum Gasteiger partial charge on any atom is -0.472 e. The Bertz CT molecular complexity index is 1840. The van der Waals surface area contributed by atoms with Crippen LogP contribution in [0.4, 0.5) is 0 Å². The molecule has 5 heterocycles. The molecule has 0 fully saturated rings. The van der Waals surface area contributed by atoms with Crippen molar-refractivity contribution in [3.8, 4) is 0 Å². The molecule has 0 saturated heterocycles. The summed E-state index contributed by atoms with van der Waals surface area (Å²) in [5.74, 6) is 4.89. The molecule has 0 unspecified atom stereocenters. The first kappa shape index (κ1) is 57.3. The molecule has 4 aromatic rings. The zero-order valence-electron chi connectivity index (χ0n) is 39.6. The van der Waals surface area contributed by atoms with Crippen LogP contribution in [0.15, 0.2) is 51.6 Å². The molecule has 0 saturated carbocycles. The van der Waals surface area contributed by atoms with Gasteiger partial charge in [0.1, 0.15) is 18.0 Å². The average molecular weight is 875 g/mol. The van der Waals surface area contributed by atoms with E-state index in [1.54, 1.807) is 32.6 Å². The highest BCUT2D eigenvalue weighted by Gasteiger charge is 2.12. The summed E-state index contributed by atoms with van der Waals surface area (Å²) in [6.45, 7) is 37.5. The maximum absolute atomic E-state index is 11.4. The number of aryl methyl sites for hydroxylation is 3. The first-order chi connectivity index (χ1) is 27.9. The molecule has 4 aromatic heterocycles. The molecular weight excluding hydrogens is 801 g/mol. The van der Waals surface area contributed by atoms with Crippen LogP contribution in [0.3, 0.4) is 0 Å². The van der Waals surface area contributed by atoms with Crippen molar-refractivity contribution >= 4 is 40.9 Å². The topological polar surface area (TPSA) is 202 Å². The number of aromatic amines is 1. The molecule has 60 heavy (non-hydrogen) atoms. The zero-order valence-corrected chi connectivity index (χ0v) is 41.2. The van der Waals surface area contributed by atoms with Gasteiger partial charge < -0.3 is 19.9 Å². The molecule has 1 aliphatic heterocycles. The lowest BCUT2D eigenvalue weighted by Crippen LogP contribution is -2.22. The number of aliphatic imine (C=N–C) groups is 1. The lowest BCUT2D eigenvalue weighted by Gasteiger charge is -2.02. The monoisotopic (exact) mass is 875 g/mol. The maximum atomic E-state index is 11.4. The van der Waals surface area contributed by atoms with Gasteiger partial charge in [0.2, 0.25) is 17.7 Å². The summed E-state index contributed by atoms with van der Waals surface area (Å²) < 4.78 is 17.4. The first-order valence-electron chi connectivity index (χ1n) is 20.2. The van der Waals surface area contributed by atoms with Gasteiger partial charge >= 0.3 is 0 Å². The highest BCUT2D eigenvalue weighted by atomic mass is 32.1. The Morgan fingerprint density at radius 1 is 0.750 bits per heavy atom. The number of amidine groups is 1. The Morgan fingerprint density at radius 2 is 1.32 bits per heavy atom. The van der Waals surface area contributed by atoms with Crippen LogP contribution in [0.1, 0.15) is 160 Å². The number of hydrogen-bond donors (Lipinski definition) is 4. The standard InChI is InChI=1S/C9H12O2.C7H11NS.C6H10N2O.C6H10N2S.C5H9N3.2C5H11NO/c1-6(2)8-5-11-4-7(3)9(8)10;1-5(2)7-4-6(3)8-9-7;1-4(2)6-7-5(3)9-8-6;1-4(2)6-5(3)7-9-8-6;1-4(2)5-6-3-7-8-5;2*1-4(2)5(7)6-3/h4-6H,1-3H3;4-5H,1-3H3;4H,3H2,1-2H3,(H,7,8);4H,1-3H3;3-4H,1-2H3,(H,6,7,8);2*4H,1-3H3,(H,6,7). The number of carbonyl (C=O) groups excluding carboxylic acids is 2. The molecule has 0 atom stereocenters. The average Bonchev–Trinajstić information content (AvgIpc) is 4.02. The summed E-state index contributed by atoms with van der Waals surface area (Å²) in [6, 6.07) is 2.15. The predicted molar refractivity (Wildman–Crippen MR) is 247 cm³/mol. The maximum Gasteiger partial charge on any atom is 0.240 e. The second-order valence-corrected chi connectivity index (χ2v) is 17.1. The van der Waals surface area contributed by atoms with E-state index in [9.17, 15) is 14.4 Å². The normalized spacial score (nSPS) is 11.2.